The van der Waals surface area contributed by atoms with Gasteiger partial charge in [-0.2, -0.15) is 0 Å². The van der Waals surface area contributed by atoms with Crippen LogP contribution in [0.2, 0.25) is 0 Å². The van der Waals surface area contributed by atoms with Gasteiger partial charge in [0.15, 0.2) is 0 Å². The van der Waals surface area contributed by atoms with Crippen molar-refractivity contribution in [2.45, 2.75) is 39.7 Å². The molecule has 1 atom stereocenters. The molecule has 0 aliphatic heterocycles. The van der Waals surface area contributed by atoms with Crippen molar-refractivity contribution in [3.05, 3.63) is 26.6 Å². The van der Waals surface area contributed by atoms with Crippen LogP contribution >= 0.6 is 11.3 Å². The molecule has 0 aromatic carbocycles. The van der Waals surface area contributed by atoms with Crippen molar-refractivity contribution < 1.29 is 0 Å². The molecule has 0 saturated carbocycles. The van der Waals surface area contributed by atoms with Gasteiger partial charge in [-0.25, -0.2) is 4.98 Å². The molecule has 98 valence electrons. The highest BCUT2D eigenvalue weighted by atomic mass is 32.1. The second-order valence-corrected chi connectivity index (χ2v) is 6.37. The first-order valence-electron chi connectivity index (χ1n) is 6.57. The van der Waals surface area contributed by atoms with Crippen molar-refractivity contribution in [1.29, 1.82) is 0 Å². The maximum atomic E-state index is 12.6. The number of rotatable bonds is 1. The van der Waals surface area contributed by atoms with Gasteiger partial charge in [0.05, 0.1) is 11.9 Å². The summed E-state index contributed by atoms with van der Waals surface area (Å²) < 4.78 is 1.60. The van der Waals surface area contributed by atoms with Gasteiger partial charge in [0.25, 0.3) is 5.56 Å². The van der Waals surface area contributed by atoms with Crippen molar-refractivity contribution in [2.75, 3.05) is 0 Å². The Morgan fingerprint density at radius 1 is 1.58 bits per heavy atom. The Bertz CT molecular complexity index is 748. The highest BCUT2D eigenvalue weighted by Gasteiger charge is 2.23. The van der Waals surface area contributed by atoms with Crippen LogP contribution in [0.5, 0.6) is 0 Å². The third kappa shape index (κ3) is 1.89. The molecule has 0 bridgehead atoms. The van der Waals surface area contributed by atoms with Crippen LogP contribution in [0.4, 0.5) is 0 Å². The first-order valence-corrected chi connectivity index (χ1v) is 7.38. The molecule has 0 N–H and O–H groups in total. The normalized spacial score (nSPS) is 18.3. The van der Waals surface area contributed by atoms with Crippen molar-refractivity contribution in [3.8, 4) is 12.3 Å². The Labute approximate surface area is 116 Å². The van der Waals surface area contributed by atoms with Gasteiger partial charge in [-0.15, -0.1) is 17.8 Å². The minimum atomic E-state index is 0.0347. The fourth-order valence-corrected chi connectivity index (χ4v) is 4.22. The number of fused-ring (bicyclic) bond motifs is 3. The zero-order valence-electron chi connectivity index (χ0n) is 11.2. The van der Waals surface area contributed by atoms with Gasteiger partial charge in [0.2, 0.25) is 0 Å². The molecule has 19 heavy (non-hydrogen) atoms. The van der Waals surface area contributed by atoms with Crippen molar-refractivity contribution in [2.24, 2.45) is 5.92 Å². The largest absolute Gasteiger partial charge is 0.284 e. The molecule has 3 nitrogen and oxygen atoms in total. The molecule has 2 aromatic heterocycles. The lowest BCUT2D eigenvalue weighted by molar-refractivity contribution is 0.509. The lowest BCUT2D eigenvalue weighted by atomic mass is 9.89. The van der Waals surface area contributed by atoms with Crippen LogP contribution in [0.15, 0.2) is 4.79 Å². The maximum Gasteiger partial charge on any atom is 0.263 e. The van der Waals surface area contributed by atoms with Crippen molar-refractivity contribution >= 4 is 21.6 Å². The number of terminal acetylenes is 1. The number of hydrogen-bond acceptors (Lipinski definition) is 3. The molecule has 0 saturated heterocycles. The summed E-state index contributed by atoms with van der Waals surface area (Å²) in [4.78, 5) is 19.4. The molecule has 1 unspecified atom stereocenters. The number of hydrogen-bond donors (Lipinski definition) is 0. The number of nitrogens with zero attached hydrogens (tertiary/aromatic N) is 2. The summed E-state index contributed by atoms with van der Waals surface area (Å²) in [6.07, 6.45) is 8.56. The Hall–Kier alpha value is -1.60. The highest BCUT2D eigenvalue weighted by Crippen LogP contribution is 2.35. The smallest absolute Gasteiger partial charge is 0.263 e. The third-order valence-electron chi connectivity index (χ3n) is 3.86. The van der Waals surface area contributed by atoms with E-state index in [0.717, 1.165) is 29.5 Å². The van der Waals surface area contributed by atoms with E-state index in [-0.39, 0.29) is 5.56 Å². The predicted octanol–water partition coefficient (Wildman–Crippen LogP) is 2.52. The first kappa shape index (κ1) is 12.4. The molecular formula is C15H16N2OS. The van der Waals surface area contributed by atoms with Gasteiger partial charge in [0.1, 0.15) is 10.7 Å². The Morgan fingerprint density at radius 2 is 2.37 bits per heavy atom. The zero-order valence-corrected chi connectivity index (χ0v) is 12.0. The number of aryl methyl sites for hydroxylation is 2. The monoisotopic (exact) mass is 272 g/mol. The molecule has 3 rings (SSSR count). The van der Waals surface area contributed by atoms with Crippen LogP contribution in [0.25, 0.3) is 10.2 Å². The van der Waals surface area contributed by atoms with Crippen LogP contribution in [0.1, 0.15) is 29.6 Å². The van der Waals surface area contributed by atoms with E-state index in [0.29, 0.717) is 18.3 Å². The fourth-order valence-electron chi connectivity index (χ4n) is 2.80. The van der Waals surface area contributed by atoms with E-state index in [2.05, 4.69) is 17.8 Å². The Balaban J connectivity index is 2.31. The first-order chi connectivity index (χ1) is 9.11. The summed E-state index contributed by atoms with van der Waals surface area (Å²) in [5.74, 6) is 3.95. The molecule has 0 spiro atoms. The highest BCUT2D eigenvalue weighted by molar-refractivity contribution is 7.18. The van der Waals surface area contributed by atoms with E-state index >= 15 is 0 Å². The molecule has 2 aromatic rings. The van der Waals surface area contributed by atoms with Crippen LogP contribution in [-0.2, 0) is 19.4 Å². The van der Waals surface area contributed by atoms with Crippen LogP contribution in [0, 0.1) is 25.2 Å². The van der Waals surface area contributed by atoms with Gasteiger partial charge in [-0.1, -0.05) is 12.8 Å². The average molecular weight is 272 g/mol. The standard InChI is InChI=1S/C15H16N2OS/c1-4-7-17-10(3)16-14-13(15(17)18)11-6-5-9(2)8-12(11)19-14/h1,9H,5-8H2,2-3H3. The van der Waals surface area contributed by atoms with Crippen molar-refractivity contribution in [1.82, 2.24) is 9.55 Å². The molecule has 0 amide bonds. The topological polar surface area (TPSA) is 34.9 Å². The van der Waals surface area contributed by atoms with Crippen molar-refractivity contribution in [3.63, 3.8) is 0 Å². The zero-order chi connectivity index (χ0) is 13.6. The molecule has 0 radical (unpaired) electrons. The summed E-state index contributed by atoms with van der Waals surface area (Å²) in [6, 6.07) is 0. The minimum absolute atomic E-state index is 0.0347. The van der Waals surface area contributed by atoms with E-state index in [9.17, 15) is 4.79 Å². The van der Waals surface area contributed by atoms with E-state index in [1.54, 1.807) is 15.9 Å². The van der Waals surface area contributed by atoms with E-state index in [1.807, 2.05) is 6.92 Å². The maximum absolute atomic E-state index is 12.6. The van der Waals surface area contributed by atoms with Gasteiger partial charge in [-0.3, -0.25) is 9.36 Å². The van der Waals surface area contributed by atoms with Gasteiger partial charge in [0, 0.05) is 4.88 Å². The summed E-state index contributed by atoms with van der Waals surface area (Å²) in [5.41, 5.74) is 1.26. The van der Waals surface area contributed by atoms with Gasteiger partial charge in [-0.05, 0) is 37.7 Å². The fraction of sp³-hybridized carbons (Fsp3) is 0.467. The Kier molecular flexibility index (Phi) is 2.94. The van der Waals surface area contributed by atoms with E-state index < -0.39 is 0 Å². The molecule has 4 heteroatoms. The van der Waals surface area contributed by atoms with Crippen LogP contribution in [0.3, 0.4) is 0 Å². The second kappa shape index (κ2) is 4.50. The van der Waals surface area contributed by atoms with E-state index in [1.165, 1.54) is 10.4 Å². The predicted molar refractivity (Wildman–Crippen MR) is 78.6 cm³/mol. The van der Waals surface area contributed by atoms with Crippen LogP contribution in [-0.4, -0.2) is 9.55 Å². The third-order valence-corrected chi connectivity index (χ3v) is 5.00. The molecule has 1 aliphatic carbocycles. The molecule has 1 aliphatic rings. The molecule has 2 heterocycles. The lowest BCUT2D eigenvalue weighted by Gasteiger charge is -2.17. The van der Waals surface area contributed by atoms with Gasteiger partial charge >= 0.3 is 0 Å². The number of aromatic nitrogens is 2. The molecular weight excluding hydrogens is 256 g/mol. The van der Waals surface area contributed by atoms with Gasteiger partial charge < -0.3 is 0 Å². The molecule has 0 fully saturated rings. The SMILES string of the molecule is C#CCn1c(C)nc2sc3c(c2c1=O)CCC(C)C3. The summed E-state index contributed by atoms with van der Waals surface area (Å²) in [6.45, 7) is 4.41. The quantitative estimate of drug-likeness (QED) is 0.748. The summed E-state index contributed by atoms with van der Waals surface area (Å²) in [5, 5.41) is 0.813. The Morgan fingerprint density at radius 3 is 3.11 bits per heavy atom. The van der Waals surface area contributed by atoms with E-state index in [4.69, 9.17) is 6.42 Å². The summed E-state index contributed by atoms with van der Waals surface area (Å²) >= 11 is 1.68. The minimum Gasteiger partial charge on any atom is -0.284 e. The lowest BCUT2D eigenvalue weighted by Crippen LogP contribution is -2.24. The second-order valence-electron chi connectivity index (χ2n) is 5.29. The number of thiophene rings is 1. The average Bonchev–Trinajstić information content (AvgIpc) is 2.71. The summed E-state index contributed by atoms with van der Waals surface area (Å²) in [7, 11) is 0. The van der Waals surface area contributed by atoms with Crippen LogP contribution < -0.4 is 5.56 Å².